The highest BCUT2D eigenvalue weighted by Gasteiger charge is 2.04. The lowest BCUT2D eigenvalue weighted by atomic mass is 10.4. The van der Waals surface area contributed by atoms with Crippen LogP contribution in [0.4, 0.5) is 8.78 Å². The smallest absolute Gasteiger partial charge is 0.251 e. The molecule has 56 valence electrons. The second-order valence-electron chi connectivity index (χ2n) is 2.15. The van der Waals surface area contributed by atoms with Crippen LogP contribution in [-0.2, 0) is 0 Å². The second-order valence-corrected chi connectivity index (χ2v) is 2.15. The minimum Gasteiger partial charge on any atom is -0.301 e. The first-order chi connectivity index (χ1) is 4.16. The SMILES string of the molecule is CCCN(C)CC(F)F. The van der Waals surface area contributed by atoms with E-state index in [4.69, 9.17) is 0 Å². The first-order valence-corrected chi connectivity index (χ1v) is 3.13. The molecular weight excluding hydrogens is 124 g/mol. The normalized spacial score (nSPS) is 11.3. The van der Waals surface area contributed by atoms with Crippen molar-refractivity contribution in [1.82, 2.24) is 4.90 Å². The van der Waals surface area contributed by atoms with Gasteiger partial charge >= 0.3 is 0 Å². The first kappa shape index (κ1) is 8.82. The minimum absolute atomic E-state index is 0.103. The first-order valence-electron chi connectivity index (χ1n) is 3.13. The molecule has 3 heteroatoms. The Morgan fingerprint density at radius 3 is 2.33 bits per heavy atom. The van der Waals surface area contributed by atoms with Crippen molar-refractivity contribution < 1.29 is 8.78 Å². The van der Waals surface area contributed by atoms with Gasteiger partial charge in [0.15, 0.2) is 0 Å². The molecule has 0 fully saturated rings. The monoisotopic (exact) mass is 137 g/mol. The van der Waals surface area contributed by atoms with Gasteiger partial charge in [-0.1, -0.05) is 6.92 Å². The molecule has 0 rings (SSSR count). The molecule has 0 saturated carbocycles. The van der Waals surface area contributed by atoms with Crippen LogP contribution in [0.3, 0.4) is 0 Å². The van der Waals surface area contributed by atoms with Crippen LogP contribution in [0.5, 0.6) is 0 Å². The van der Waals surface area contributed by atoms with E-state index in [-0.39, 0.29) is 6.54 Å². The third-order valence-corrected chi connectivity index (χ3v) is 1.06. The van der Waals surface area contributed by atoms with Gasteiger partial charge in [-0.3, -0.25) is 0 Å². The number of alkyl halides is 2. The largest absolute Gasteiger partial charge is 0.301 e. The van der Waals surface area contributed by atoms with Gasteiger partial charge in [0.25, 0.3) is 6.43 Å². The minimum atomic E-state index is -2.19. The summed E-state index contributed by atoms with van der Waals surface area (Å²) in [6, 6.07) is 0. The van der Waals surface area contributed by atoms with Gasteiger partial charge in [0.05, 0.1) is 6.54 Å². The zero-order valence-electron chi connectivity index (χ0n) is 5.90. The third kappa shape index (κ3) is 5.69. The van der Waals surface area contributed by atoms with Crippen LogP contribution in [0.2, 0.25) is 0 Å². The Hall–Kier alpha value is -0.180. The Kier molecular flexibility index (Phi) is 4.58. The van der Waals surface area contributed by atoms with Crippen molar-refractivity contribution in [2.75, 3.05) is 20.1 Å². The molecule has 0 saturated heterocycles. The van der Waals surface area contributed by atoms with Crippen molar-refractivity contribution in [3.8, 4) is 0 Å². The second kappa shape index (κ2) is 4.68. The van der Waals surface area contributed by atoms with E-state index in [1.165, 1.54) is 0 Å². The van der Waals surface area contributed by atoms with Gasteiger partial charge < -0.3 is 4.90 Å². The molecule has 0 aromatic heterocycles. The number of hydrogen-bond donors (Lipinski definition) is 0. The molecule has 0 radical (unpaired) electrons. The quantitative estimate of drug-likeness (QED) is 0.568. The molecular formula is C6H13F2N. The summed E-state index contributed by atoms with van der Waals surface area (Å²) in [5.41, 5.74) is 0. The van der Waals surface area contributed by atoms with Gasteiger partial charge in [0, 0.05) is 0 Å². The van der Waals surface area contributed by atoms with Crippen LogP contribution in [0.1, 0.15) is 13.3 Å². The molecule has 0 aromatic rings. The molecule has 0 aliphatic heterocycles. The van der Waals surface area contributed by atoms with Crippen molar-refractivity contribution in [3.05, 3.63) is 0 Å². The maximum atomic E-state index is 11.6. The number of hydrogen-bond acceptors (Lipinski definition) is 1. The fourth-order valence-electron chi connectivity index (χ4n) is 0.709. The van der Waals surface area contributed by atoms with Crippen LogP contribution in [0.25, 0.3) is 0 Å². The topological polar surface area (TPSA) is 3.24 Å². The molecule has 0 spiro atoms. The Bertz CT molecular complexity index is 66.1. The predicted molar refractivity (Wildman–Crippen MR) is 33.8 cm³/mol. The molecule has 1 nitrogen and oxygen atoms in total. The lowest BCUT2D eigenvalue weighted by Crippen LogP contribution is -2.25. The maximum absolute atomic E-state index is 11.6. The maximum Gasteiger partial charge on any atom is 0.251 e. The van der Waals surface area contributed by atoms with Crippen molar-refractivity contribution in [3.63, 3.8) is 0 Å². The van der Waals surface area contributed by atoms with E-state index in [1.54, 1.807) is 11.9 Å². The zero-order chi connectivity index (χ0) is 7.28. The van der Waals surface area contributed by atoms with E-state index in [2.05, 4.69) is 0 Å². The summed E-state index contributed by atoms with van der Waals surface area (Å²) in [7, 11) is 1.70. The fraction of sp³-hybridized carbons (Fsp3) is 1.00. The number of nitrogens with zero attached hydrogens (tertiary/aromatic N) is 1. The van der Waals surface area contributed by atoms with E-state index < -0.39 is 6.43 Å². The molecule has 9 heavy (non-hydrogen) atoms. The van der Waals surface area contributed by atoms with Gasteiger partial charge in [-0.2, -0.15) is 0 Å². The van der Waals surface area contributed by atoms with E-state index in [0.29, 0.717) is 0 Å². The molecule has 0 aliphatic rings. The van der Waals surface area contributed by atoms with E-state index in [1.807, 2.05) is 6.92 Å². The van der Waals surface area contributed by atoms with Crippen LogP contribution in [-0.4, -0.2) is 31.5 Å². The summed E-state index contributed by atoms with van der Waals surface area (Å²) in [6.45, 7) is 2.63. The van der Waals surface area contributed by atoms with Gasteiger partial charge in [0.2, 0.25) is 0 Å². The highest BCUT2D eigenvalue weighted by Crippen LogP contribution is 1.95. The number of rotatable bonds is 4. The van der Waals surface area contributed by atoms with Gasteiger partial charge in [0.1, 0.15) is 0 Å². The summed E-state index contributed by atoms with van der Waals surface area (Å²) in [5, 5.41) is 0. The fourth-order valence-corrected chi connectivity index (χ4v) is 0.709. The van der Waals surface area contributed by atoms with E-state index in [0.717, 1.165) is 13.0 Å². The lowest BCUT2D eigenvalue weighted by molar-refractivity contribution is 0.100. The van der Waals surface area contributed by atoms with Gasteiger partial charge in [-0.25, -0.2) is 8.78 Å². The van der Waals surface area contributed by atoms with Crippen LogP contribution in [0.15, 0.2) is 0 Å². The Labute approximate surface area is 54.7 Å². The third-order valence-electron chi connectivity index (χ3n) is 1.06. The molecule has 0 bridgehead atoms. The lowest BCUT2D eigenvalue weighted by Gasteiger charge is -2.13. The zero-order valence-corrected chi connectivity index (χ0v) is 5.90. The standard InChI is InChI=1S/C6H13F2N/c1-3-4-9(2)5-6(7)8/h6H,3-5H2,1-2H3. The average Bonchev–Trinajstić information content (AvgIpc) is 1.63. The van der Waals surface area contributed by atoms with E-state index in [9.17, 15) is 8.78 Å². The van der Waals surface area contributed by atoms with Gasteiger partial charge in [-0.05, 0) is 20.0 Å². The molecule has 0 atom stereocenters. The Morgan fingerprint density at radius 2 is 2.00 bits per heavy atom. The van der Waals surface area contributed by atoms with Crippen LogP contribution in [0, 0.1) is 0 Å². The van der Waals surface area contributed by atoms with Gasteiger partial charge in [-0.15, -0.1) is 0 Å². The van der Waals surface area contributed by atoms with Crippen LogP contribution < -0.4 is 0 Å². The molecule has 0 aromatic carbocycles. The van der Waals surface area contributed by atoms with Crippen molar-refractivity contribution >= 4 is 0 Å². The highest BCUT2D eigenvalue weighted by molar-refractivity contribution is 4.49. The average molecular weight is 137 g/mol. The summed E-state index contributed by atoms with van der Waals surface area (Å²) in [5.74, 6) is 0. The Balaban J connectivity index is 3.15. The van der Waals surface area contributed by atoms with Crippen molar-refractivity contribution in [2.45, 2.75) is 19.8 Å². The Morgan fingerprint density at radius 1 is 1.44 bits per heavy atom. The number of halogens is 2. The van der Waals surface area contributed by atoms with Crippen molar-refractivity contribution in [2.24, 2.45) is 0 Å². The predicted octanol–water partition coefficient (Wildman–Crippen LogP) is 1.59. The molecule has 0 unspecified atom stereocenters. The summed E-state index contributed by atoms with van der Waals surface area (Å²) < 4.78 is 23.1. The highest BCUT2D eigenvalue weighted by atomic mass is 19.3. The van der Waals surface area contributed by atoms with E-state index >= 15 is 0 Å². The summed E-state index contributed by atoms with van der Waals surface area (Å²) in [6.07, 6.45) is -1.26. The van der Waals surface area contributed by atoms with Crippen LogP contribution >= 0.6 is 0 Å². The molecule has 0 heterocycles. The summed E-state index contributed by atoms with van der Waals surface area (Å²) >= 11 is 0. The molecule has 0 N–H and O–H groups in total. The molecule has 0 aliphatic carbocycles. The molecule has 0 amide bonds. The van der Waals surface area contributed by atoms with Crippen molar-refractivity contribution in [1.29, 1.82) is 0 Å². The summed E-state index contributed by atoms with van der Waals surface area (Å²) in [4.78, 5) is 1.63.